The molecule has 3 rings (SSSR count). The molecule has 3 N–H and O–H groups in total. The molecule has 0 saturated carbocycles. The number of amides is 1. The second-order valence-corrected chi connectivity index (χ2v) is 6.05. The molecule has 0 aliphatic rings. The Morgan fingerprint density at radius 1 is 1.26 bits per heavy atom. The van der Waals surface area contributed by atoms with Gasteiger partial charge in [-0.05, 0) is 43.2 Å². The van der Waals surface area contributed by atoms with Gasteiger partial charge in [0.05, 0.1) is 22.6 Å². The van der Waals surface area contributed by atoms with E-state index in [9.17, 15) is 9.18 Å². The predicted octanol–water partition coefficient (Wildman–Crippen LogP) is 2.53. The number of rotatable bonds is 7. The van der Waals surface area contributed by atoms with Crippen molar-refractivity contribution in [2.45, 2.75) is 20.0 Å². The van der Waals surface area contributed by atoms with Crippen molar-refractivity contribution in [1.29, 1.82) is 0 Å². The number of nitrogens with two attached hydrogens (primary N) is 1. The van der Waals surface area contributed by atoms with Crippen LogP contribution in [-0.2, 0) is 13.0 Å². The molecule has 3 aromatic rings. The van der Waals surface area contributed by atoms with E-state index in [0.29, 0.717) is 23.4 Å². The van der Waals surface area contributed by atoms with Gasteiger partial charge in [-0.2, -0.15) is 5.10 Å². The minimum absolute atomic E-state index is 0.0468. The lowest BCUT2D eigenvalue weighted by Crippen LogP contribution is -2.16. The summed E-state index contributed by atoms with van der Waals surface area (Å²) in [4.78, 5) is 11.9. The lowest BCUT2D eigenvalue weighted by atomic mass is 10.1. The monoisotopic (exact) mass is 369 g/mol. The molecule has 0 fully saturated rings. The summed E-state index contributed by atoms with van der Waals surface area (Å²) in [7, 11) is 0. The van der Waals surface area contributed by atoms with E-state index in [-0.39, 0.29) is 24.5 Å². The fourth-order valence-corrected chi connectivity index (χ4v) is 2.90. The molecular formula is C20H20FN3O3. The molecule has 0 spiro atoms. The Bertz CT molecular complexity index is 955. The molecule has 1 heterocycles. The molecule has 2 aromatic carbocycles. The number of benzene rings is 2. The number of carbonyl (C=O) groups excluding carboxylic acids is 1. The zero-order chi connectivity index (χ0) is 19.4. The van der Waals surface area contributed by atoms with E-state index in [0.717, 1.165) is 5.69 Å². The van der Waals surface area contributed by atoms with Crippen LogP contribution >= 0.6 is 0 Å². The number of halogens is 1. The third kappa shape index (κ3) is 3.98. The second kappa shape index (κ2) is 8.01. The summed E-state index contributed by atoms with van der Waals surface area (Å²) in [5.74, 6) is -1.11. The van der Waals surface area contributed by atoms with E-state index in [1.807, 2.05) is 30.3 Å². The minimum atomic E-state index is -0.618. The van der Waals surface area contributed by atoms with E-state index in [1.165, 1.54) is 12.1 Å². The van der Waals surface area contributed by atoms with Crippen LogP contribution in [0.4, 0.5) is 4.39 Å². The van der Waals surface area contributed by atoms with Crippen LogP contribution in [0.25, 0.3) is 5.69 Å². The SMILES string of the molecule is Cc1nn(-c2ccccc2)c(COc2ccc(CCO)cc2F)c1C(N)=O. The fourth-order valence-electron chi connectivity index (χ4n) is 2.90. The number of hydrogen-bond acceptors (Lipinski definition) is 4. The highest BCUT2D eigenvalue weighted by molar-refractivity contribution is 5.95. The van der Waals surface area contributed by atoms with Crippen molar-refractivity contribution >= 4 is 5.91 Å². The first-order valence-electron chi connectivity index (χ1n) is 8.47. The summed E-state index contributed by atoms with van der Waals surface area (Å²) in [6.07, 6.45) is 0.364. The maximum Gasteiger partial charge on any atom is 0.252 e. The lowest BCUT2D eigenvalue weighted by molar-refractivity contribution is 0.0997. The molecule has 0 aliphatic carbocycles. The lowest BCUT2D eigenvalue weighted by Gasteiger charge is -2.12. The van der Waals surface area contributed by atoms with Crippen molar-refractivity contribution in [1.82, 2.24) is 9.78 Å². The van der Waals surface area contributed by atoms with Crippen LogP contribution in [0.1, 0.15) is 27.3 Å². The molecule has 0 atom stereocenters. The van der Waals surface area contributed by atoms with Crippen molar-refractivity contribution in [3.8, 4) is 11.4 Å². The van der Waals surface area contributed by atoms with Crippen LogP contribution in [0.3, 0.4) is 0 Å². The molecule has 140 valence electrons. The van der Waals surface area contributed by atoms with E-state index in [4.69, 9.17) is 15.6 Å². The fraction of sp³-hybridized carbons (Fsp3) is 0.200. The van der Waals surface area contributed by atoms with Crippen molar-refractivity contribution in [3.05, 3.63) is 76.9 Å². The summed E-state index contributed by atoms with van der Waals surface area (Å²) in [5.41, 5.74) is 8.11. The van der Waals surface area contributed by atoms with Gasteiger partial charge in [0, 0.05) is 6.61 Å². The van der Waals surface area contributed by atoms with Gasteiger partial charge in [0.2, 0.25) is 0 Å². The number of aliphatic hydroxyl groups excluding tert-OH is 1. The van der Waals surface area contributed by atoms with Crippen LogP contribution in [0, 0.1) is 12.7 Å². The zero-order valence-electron chi connectivity index (χ0n) is 14.9. The number of ether oxygens (including phenoxy) is 1. The average molecular weight is 369 g/mol. The van der Waals surface area contributed by atoms with Crippen LogP contribution in [0.5, 0.6) is 5.75 Å². The van der Waals surface area contributed by atoms with E-state index in [2.05, 4.69) is 5.10 Å². The van der Waals surface area contributed by atoms with Gasteiger partial charge in [-0.15, -0.1) is 0 Å². The molecule has 0 bridgehead atoms. The van der Waals surface area contributed by atoms with Crippen LogP contribution < -0.4 is 10.5 Å². The molecule has 0 aliphatic heterocycles. The summed E-state index contributed by atoms with van der Waals surface area (Å²) >= 11 is 0. The van der Waals surface area contributed by atoms with Gasteiger partial charge in [0.1, 0.15) is 6.61 Å². The van der Waals surface area contributed by atoms with Gasteiger partial charge in [0.15, 0.2) is 11.6 Å². The Labute approximate surface area is 156 Å². The van der Waals surface area contributed by atoms with Gasteiger partial charge >= 0.3 is 0 Å². The van der Waals surface area contributed by atoms with Crippen molar-refractivity contribution in [3.63, 3.8) is 0 Å². The van der Waals surface area contributed by atoms with Gasteiger partial charge in [-0.25, -0.2) is 9.07 Å². The first kappa shape index (κ1) is 18.6. The maximum absolute atomic E-state index is 14.2. The Morgan fingerprint density at radius 2 is 2.00 bits per heavy atom. The number of aliphatic hydroxyl groups is 1. The minimum Gasteiger partial charge on any atom is -0.484 e. The number of hydrogen-bond donors (Lipinski definition) is 2. The first-order valence-corrected chi connectivity index (χ1v) is 8.47. The van der Waals surface area contributed by atoms with Crippen LogP contribution in [-0.4, -0.2) is 27.4 Å². The Morgan fingerprint density at radius 3 is 2.63 bits per heavy atom. The normalized spacial score (nSPS) is 10.8. The van der Waals surface area contributed by atoms with Crippen LogP contribution in [0.2, 0.25) is 0 Å². The summed E-state index contributed by atoms with van der Waals surface area (Å²) < 4.78 is 21.4. The summed E-state index contributed by atoms with van der Waals surface area (Å²) in [6.45, 7) is 1.55. The quantitative estimate of drug-likeness (QED) is 0.670. The summed E-state index contributed by atoms with van der Waals surface area (Å²) in [6, 6.07) is 13.7. The van der Waals surface area contributed by atoms with E-state index >= 15 is 0 Å². The molecule has 6 nitrogen and oxygen atoms in total. The molecule has 0 unspecified atom stereocenters. The number of nitrogens with zero attached hydrogens (tertiary/aromatic N) is 2. The largest absolute Gasteiger partial charge is 0.484 e. The molecule has 27 heavy (non-hydrogen) atoms. The molecule has 0 radical (unpaired) electrons. The smallest absolute Gasteiger partial charge is 0.252 e. The first-order chi connectivity index (χ1) is 13.0. The standard InChI is InChI=1S/C20H20FN3O3/c1-13-19(20(22)26)17(24(23-13)15-5-3-2-4-6-15)12-27-18-8-7-14(9-10-25)11-16(18)21/h2-8,11,25H,9-10,12H2,1H3,(H2,22,26). The van der Waals surface area contributed by atoms with Gasteiger partial charge < -0.3 is 15.6 Å². The van der Waals surface area contributed by atoms with Crippen molar-refractivity contribution in [2.75, 3.05) is 6.61 Å². The average Bonchev–Trinajstić information content (AvgIpc) is 2.98. The molecular weight excluding hydrogens is 349 g/mol. The van der Waals surface area contributed by atoms with Gasteiger partial charge in [-0.1, -0.05) is 24.3 Å². The molecule has 7 heteroatoms. The molecule has 1 amide bonds. The van der Waals surface area contributed by atoms with Crippen molar-refractivity contribution in [2.24, 2.45) is 5.73 Å². The third-order valence-corrected chi connectivity index (χ3v) is 4.16. The highest BCUT2D eigenvalue weighted by Crippen LogP contribution is 2.23. The maximum atomic E-state index is 14.2. The number of aryl methyl sites for hydroxylation is 1. The number of primary amides is 1. The number of carbonyl (C=O) groups is 1. The highest BCUT2D eigenvalue weighted by Gasteiger charge is 2.21. The number of aromatic nitrogens is 2. The highest BCUT2D eigenvalue weighted by atomic mass is 19.1. The van der Waals surface area contributed by atoms with E-state index in [1.54, 1.807) is 17.7 Å². The summed E-state index contributed by atoms with van der Waals surface area (Å²) in [5, 5.41) is 13.3. The topological polar surface area (TPSA) is 90.4 Å². The molecule has 1 aromatic heterocycles. The third-order valence-electron chi connectivity index (χ3n) is 4.16. The number of para-hydroxylation sites is 1. The Kier molecular flexibility index (Phi) is 5.52. The molecule has 0 saturated heterocycles. The Balaban J connectivity index is 1.93. The second-order valence-electron chi connectivity index (χ2n) is 6.05. The Hall–Kier alpha value is -3.19. The van der Waals surface area contributed by atoms with Gasteiger partial charge in [-0.3, -0.25) is 4.79 Å². The van der Waals surface area contributed by atoms with Gasteiger partial charge in [0.25, 0.3) is 5.91 Å². The zero-order valence-corrected chi connectivity index (χ0v) is 14.9. The van der Waals surface area contributed by atoms with Crippen molar-refractivity contribution < 1.29 is 19.0 Å². The van der Waals surface area contributed by atoms with Crippen LogP contribution in [0.15, 0.2) is 48.5 Å². The van der Waals surface area contributed by atoms with E-state index < -0.39 is 11.7 Å². The predicted molar refractivity (Wildman–Crippen MR) is 98.3 cm³/mol.